The summed E-state index contributed by atoms with van der Waals surface area (Å²) < 4.78 is 5.58. The summed E-state index contributed by atoms with van der Waals surface area (Å²) in [5, 5.41) is 13.0. The third kappa shape index (κ3) is 3.59. The molecule has 1 amide bonds. The van der Waals surface area contributed by atoms with Gasteiger partial charge >= 0.3 is 0 Å². The molecule has 2 rings (SSSR count). The minimum atomic E-state index is -0.865. The maximum absolute atomic E-state index is 11.7. The molecule has 0 radical (unpaired) electrons. The molecule has 1 atom stereocenters. The molecule has 1 aromatic heterocycles. The Labute approximate surface area is 123 Å². The van der Waals surface area contributed by atoms with Crippen molar-refractivity contribution in [2.75, 3.05) is 6.54 Å². The maximum atomic E-state index is 11.7. The van der Waals surface area contributed by atoms with Gasteiger partial charge in [-0.15, -0.1) is 0 Å². The number of aliphatic hydroxyl groups is 1. The number of aliphatic hydroxyl groups excluding tert-OH is 1. The van der Waals surface area contributed by atoms with Crippen molar-refractivity contribution < 1.29 is 14.3 Å². The number of benzene rings is 1. The number of hydrogen-bond donors (Lipinski definition) is 2. The topological polar surface area (TPSA) is 62.5 Å². The summed E-state index contributed by atoms with van der Waals surface area (Å²) in [6.45, 7) is 0.0564. The van der Waals surface area contributed by atoms with Gasteiger partial charge in [0.25, 0.3) is 5.91 Å². The number of rotatable bonds is 4. The van der Waals surface area contributed by atoms with Crippen LogP contribution in [0.3, 0.4) is 0 Å². The van der Waals surface area contributed by atoms with Crippen molar-refractivity contribution in [1.82, 2.24) is 5.32 Å². The first-order valence-electron chi connectivity index (χ1n) is 5.54. The second-order valence-corrected chi connectivity index (χ2v) is 5.04. The van der Waals surface area contributed by atoms with Gasteiger partial charge in [-0.25, -0.2) is 0 Å². The van der Waals surface area contributed by atoms with Crippen LogP contribution >= 0.6 is 27.5 Å². The molecule has 0 fully saturated rings. The first-order valence-corrected chi connectivity index (χ1v) is 6.71. The Morgan fingerprint density at radius 3 is 2.74 bits per heavy atom. The van der Waals surface area contributed by atoms with Gasteiger partial charge in [0.05, 0.1) is 6.10 Å². The van der Waals surface area contributed by atoms with Crippen LogP contribution < -0.4 is 5.32 Å². The smallest absolute Gasteiger partial charge is 0.287 e. The van der Waals surface area contributed by atoms with Gasteiger partial charge in [0, 0.05) is 17.1 Å². The predicted octanol–water partition coefficient (Wildman–Crippen LogP) is 3.16. The largest absolute Gasteiger partial charge is 0.444 e. The average Bonchev–Trinajstić information content (AvgIpc) is 2.83. The molecule has 100 valence electrons. The minimum absolute atomic E-state index is 0.0564. The molecule has 0 aliphatic carbocycles. The first-order chi connectivity index (χ1) is 9.08. The number of carbonyl (C=O) groups excluding carboxylic acids is 1. The fraction of sp³-hybridized carbons (Fsp3) is 0.154. The van der Waals surface area contributed by atoms with Crippen molar-refractivity contribution in [3.8, 4) is 0 Å². The van der Waals surface area contributed by atoms with Gasteiger partial charge in [-0.3, -0.25) is 4.79 Å². The SMILES string of the molecule is O=C(NCC(O)c1ccccc1Cl)c1ccc(Br)o1. The molecule has 0 aliphatic heterocycles. The van der Waals surface area contributed by atoms with Gasteiger partial charge in [0.15, 0.2) is 10.4 Å². The van der Waals surface area contributed by atoms with Gasteiger partial charge in [-0.1, -0.05) is 29.8 Å². The molecule has 1 unspecified atom stereocenters. The van der Waals surface area contributed by atoms with E-state index in [-0.39, 0.29) is 12.3 Å². The molecule has 2 N–H and O–H groups in total. The Kier molecular flexibility index (Phi) is 4.63. The van der Waals surface area contributed by atoms with Crippen LogP contribution in [0.5, 0.6) is 0 Å². The third-order valence-electron chi connectivity index (χ3n) is 2.52. The van der Waals surface area contributed by atoms with Crippen LogP contribution in [0.2, 0.25) is 5.02 Å². The molecule has 0 aliphatic rings. The van der Waals surface area contributed by atoms with Crippen LogP contribution in [0.15, 0.2) is 45.5 Å². The van der Waals surface area contributed by atoms with E-state index in [4.69, 9.17) is 16.0 Å². The molecule has 0 bridgehead atoms. The van der Waals surface area contributed by atoms with Crippen LogP contribution in [-0.4, -0.2) is 17.6 Å². The molecule has 4 nitrogen and oxygen atoms in total. The second kappa shape index (κ2) is 6.23. The molecular formula is C13H11BrClNO3. The number of nitrogens with one attached hydrogen (secondary N) is 1. The molecule has 0 saturated heterocycles. The summed E-state index contributed by atoms with van der Waals surface area (Å²) in [5.41, 5.74) is 0.574. The fourth-order valence-corrected chi connectivity index (χ4v) is 2.14. The molecule has 2 aromatic rings. The number of carbonyl (C=O) groups is 1. The van der Waals surface area contributed by atoms with Crippen LogP contribution in [0.25, 0.3) is 0 Å². The second-order valence-electron chi connectivity index (χ2n) is 3.85. The van der Waals surface area contributed by atoms with E-state index in [0.29, 0.717) is 15.3 Å². The molecule has 6 heteroatoms. The van der Waals surface area contributed by atoms with Crippen LogP contribution in [-0.2, 0) is 0 Å². The number of furan rings is 1. The van der Waals surface area contributed by atoms with Crippen molar-refractivity contribution >= 4 is 33.4 Å². The van der Waals surface area contributed by atoms with Gasteiger partial charge < -0.3 is 14.8 Å². The molecule has 1 heterocycles. The normalized spacial score (nSPS) is 12.2. The standard InChI is InChI=1S/C13H11BrClNO3/c14-12-6-5-11(19-12)13(18)16-7-10(17)8-3-1-2-4-9(8)15/h1-6,10,17H,7H2,(H,16,18). The highest BCUT2D eigenvalue weighted by molar-refractivity contribution is 9.10. The number of hydrogen-bond acceptors (Lipinski definition) is 3. The summed E-state index contributed by atoms with van der Waals surface area (Å²) in [5.74, 6) is -0.213. The Hall–Kier alpha value is -1.30. The lowest BCUT2D eigenvalue weighted by atomic mass is 10.1. The zero-order chi connectivity index (χ0) is 13.8. The van der Waals surface area contributed by atoms with E-state index in [1.54, 1.807) is 36.4 Å². The Balaban J connectivity index is 1.96. The quantitative estimate of drug-likeness (QED) is 0.895. The van der Waals surface area contributed by atoms with Gasteiger partial charge in [-0.2, -0.15) is 0 Å². The first kappa shape index (κ1) is 14.1. The van der Waals surface area contributed by atoms with E-state index in [1.165, 1.54) is 0 Å². The predicted molar refractivity (Wildman–Crippen MR) is 75.2 cm³/mol. The maximum Gasteiger partial charge on any atom is 0.287 e. The Morgan fingerprint density at radius 2 is 2.11 bits per heavy atom. The van der Waals surface area contributed by atoms with E-state index in [2.05, 4.69) is 21.2 Å². The fourth-order valence-electron chi connectivity index (χ4n) is 1.57. The van der Waals surface area contributed by atoms with Crippen LogP contribution in [0, 0.1) is 0 Å². The van der Waals surface area contributed by atoms with E-state index >= 15 is 0 Å². The van der Waals surface area contributed by atoms with E-state index < -0.39 is 12.0 Å². The van der Waals surface area contributed by atoms with Crippen molar-refractivity contribution in [1.29, 1.82) is 0 Å². The summed E-state index contributed by atoms with van der Waals surface area (Å²) in [6.07, 6.45) is -0.865. The van der Waals surface area contributed by atoms with E-state index in [1.807, 2.05) is 0 Å². The third-order valence-corrected chi connectivity index (χ3v) is 3.29. The zero-order valence-electron chi connectivity index (χ0n) is 9.77. The molecule has 0 saturated carbocycles. The summed E-state index contributed by atoms with van der Waals surface area (Å²) >= 11 is 9.07. The average molecular weight is 345 g/mol. The highest BCUT2D eigenvalue weighted by Gasteiger charge is 2.15. The van der Waals surface area contributed by atoms with Crippen molar-refractivity contribution in [3.05, 3.63) is 57.4 Å². The molecule has 0 spiro atoms. The van der Waals surface area contributed by atoms with Crippen molar-refractivity contribution in [3.63, 3.8) is 0 Å². The lowest BCUT2D eigenvalue weighted by molar-refractivity contribution is 0.0888. The Bertz CT molecular complexity index is 585. The van der Waals surface area contributed by atoms with Crippen molar-refractivity contribution in [2.45, 2.75) is 6.10 Å². The lowest BCUT2D eigenvalue weighted by Crippen LogP contribution is -2.28. The van der Waals surface area contributed by atoms with Gasteiger partial charge in [0.2, 0.25) is 0 Å². The minimum Gasteiger partial charge on any atom is -0.444 e. The molecular weight excluding hydrogens is 334 g/mol. The monoisotopic (exact) mass is 343 g/mol. The zero-order valence-corrected chi connectivity index (χ0v) is 12.1. The van der Waals surface area contributed by atoms with Crippen molar-refractivity contribution in [2.24, 2.45) is 0 Å². The number of halogens is 2. The Morgan fingerprint density at radius 1 is 1.37 bits per heavy atom. The van der Waals surface area contributed by atoms with E-state index in [9.17, 15) is 9.90 Å². The van der Waals surface area contributed by atoms with E-state index in [0.717, 1.165) is 0 Å². The van der Waals surface area contributed by atoms with Gasteiger partial charge in [-0.05, 0) is 34.1 Å². The van der Waals surface area contributed by atoms with Gasteiger partial charge in [0.1, 0.15) is 0 Å². The van der Waals surface area contributed by atoms with Crippen LogP contribution in [0.4, 0.5) is 0 Å². The molecule has 1 aromatic carbocycles. The highest BCUT2D eigenvalue weighted by atomic mass is 79.9. The summed E-state index contributed by atoms with van der Waals surface area (Å²) in [6, 6.07) is 10.1. The lowest BCUT2D eigenvalue weighted by Gasteiger charge is -2.12. The highest BCUT2D eigenvalue weighted by Crippen LogP contribution is 2.22. The summed E-state index contributed by atoms with van der Waals surface area (Å²) in [7, 11) is 0. The molecule has 19 heavy (non-hydrogen) atoms. The number of amides is 1. The van der Waals surface area contributed by atoms with Crippen LogP contribution in [0.1, 0.15) is 22.2 Å². The summed E-state index contributed by atoms with van der Waals surface area (Å²) in [4.78, 5) is 11.7.